The highest BCUT2D eigenvalue weighted by Crippen LogP contribution is 2.42. The van der Waals surface area contributed by atoms with Crippen LogP contribution in [-0.4, -0.2) is 24.7 Å². The molecule has 0 aromatic heterocycles. The summed E-state index contributed by atoms with van der Waals surface area (Å²) < 4.78 is 10.6. The number of hydrogen-bond acceptors (Lipinski definition) is 4. The van der Waals surface area contributed by atoms with Gasteiger partial charge < -0.3 is 9.47 Å². The number of rotatable bonds is 3. The van der Waals surface area contributed by atoms with Crippen LogP contribution in [-0.2, 0) is 9.53 Å². The molecule has 18 heavy (non-hydrogen) atoms. The van der Waals surface area contributed by atoms with Crippen molar-refractivity contribution in [3.05, 3.63) is 29.8 Å². The third-order valence-corrected chi connectivity index (χ3v) is 3.27. The third-order valence-electron chi connectivity index (χ3n) is 3.27. The van der Waals surface area contributed by atoms with Gasteiger partial charge >= 0.3 is 5.97 Å². The van der Waals surface area contributed by atoms with Gasteiger partial charge in [0.2, 0.25) is 0 Å². The Morgan fingerprint density at radius 1 is 1.44 bits per heavy atom. The molecule has 2 atom stereocenters. The van der Waals surface area contributed by atoms with Crippen molar-refractivity contribution in [1.29, 1.82) is 0 Å². The SMILES string of the molecule is COC(=O)[C@H](C)NC1c2ccccc2OC1(C)C. The third kappa shape index (κ3) is 2.20. The summed E-state index contributed by atoms with van der Waals surface area (Å²) in [6.45, 7) is 5.81. The number of ether oxygens (including phenoxy) is 2. The first-order valence-electron chi connectivity index (χ1n) is 6.07. The lowest BCUT2D eigenvalue weighted by Gasteiger charge is -2.29. The van der Waals surface area contributed by atoms with Gasteiger partial charge in [-0.1, -0.05) is 18.2 Å². The van der Waals surface area contributed by atoms with E-state index in [0.717, 1.165) is 11.3 Å². The number of esters is 1. The van der Waals surface area contributed by atoms with Gasteiger partial charge in [0.25, 0.3) is 0 Å². The van der Waals surface area contributed by atoms with E-state index in [2.05, 4.69) is 5.32 Å². The van der Waals surface area contributed by atoms with Crippen molar-refractivity contribution in [2.24, 2.45) is 0 Å². The minimum absolute atomic E-state index is 0.0252. The summed E-state index contributed by atoms with van der Waals surface area (Å²) in [5.74, 6) is 0.604. The Morgan fingerprint density at radius 3 is 2.78 bits per heavy atom. The number of fused-ring (bicyclic) bond motifs is 1. The largest absolute Gasteiger partial charge is 0.486 e. The van der Waals surface area contributed by atoms with Crippen molar-refractivity contribution >= 4 is 5.97 Å². The maximum absolute atomic E-state index is 11.5. The summed E-state index contributed by atoms with van der Waals surface area (Å²) in [4.78, 5) is 11.5. The quantitative estimate of drug-likeness (QED) is 0.833. The van der Waals surface area contributed by atoms with E-state index < -0.39 is 0 Å². The first-order valence-corrected chi connectivity index (χ1v) is 6.07. The number of carbonyl (C=O) groups is 1. The monoisotopic (exact) mass is 249 g/mol. The summed E-state index contributed by atoms with van der Waals surface area (Å²) in [7, 11) is 1.39. The molecule has 1 aromatic rings. The zero-order valence-electron chi connectivity index (χ0n) is 11.2. The molecule has 0 saturated carbocycles. The molecule has 0 amide bonds. The summed E-state index contributed by atoms with van der Waals surface area (Å²) in [5.41, 5.74) is 0.699. The van der Waals surface area contributed by atoms with Crippen molar-refractivity contribution in [3.63, 3.8) is 0 Å². The Kier molecular flexibility index (Phi) is 3.30. The summed E-state index contributed by atoms with van der Waals surface area (Å²) >= 11 is 0. The van der Waals surface area contributed by atoms with E-state index in [4.69, 9.17) is 9.47 Å². The van der Waals surface area contributed by atoms with Gasteiger partial charge in [-0.05, 0) is 26.8 Å². The van der Waals surface area contributed by atoms with E-state index in [1.165, 1.54) is 7.11 Å². The lowest BCUT2D eigenvalue weighted by Crippen LogP contribution is -2.45. The summed E-state index contributed by atoms with van der Waals surface area (Å²) in [6.07, 6.45) is 0. The highest BCUT2D eigenvalue weighted by Gasteiger charge is 2.42. The van der Waals surface area contributed by atoms with Crippen LogP contribution in [0.3, 0.4) is 0 Å². The number of para-hydroxylation sites is 1. The molecule has 1 N–H and O–H groups in total. The Labute approximate surface area is 107 Å². The molecule has 1 heterocycles. The first-order chi connectivity index (χ1) is 8.45. The normalized spacial score (nSPS) is 21.9. The van der Waals surface area contributed by atoms with E-state index in [0.29, 0.717) is 0 Å². The molecule has 0 bridgehead atoms. The molecule has 1 unspecified atom stereocenters. The van der Waals surface area contributed by atoms with E-state index in [1.54, 1.807) is 6.92 Å². The molecule has 4 heteroatoms. The highest BCUT2D eigenvalue weighted by atomic mass is 16.5. The Balaban J connectivity index is 2.23. The van der Waals surface area contributed by atoms with Gasteiger partial charge in [-0.2, -0.15) is 0 Å². The standard InChI is InChI=1S/C14H19NO3/c1-9(13(16)17-4)15-12-10-7-5-6-8-11(10)18-14(12,2)3/h5-9,12,15H,1-4H3/t9-,12?/m0/s1. The van der Waals surface area contributed by atoms with Gasteiger partial charge in [-0.25, -0.2) is 0 Å². The second-order valence-corrected chi connectivity index (χ2v) is 5.09. The van der Waals surface area contributed by atoms with Crippen molar-refractivity contribution in [2.45, 2.75) is 38.5 Å². The van der Waals surface area contributed by atoms with Gasteiger partial charge in [0.15, 0.2) is 0 Å². The Morgan fingerprint density at radius 2 is 2.11 bits per heavy atom. The van der Waals surface area contributed by atoms with E-state index in [1.807, 2.05) is 38.1 Å². The number of methoxy groups -OCH3 is 1. The van der Waals surface area contributed by atoms with Crippen LogP contribution < -0.4 is 10.1 Å². The van der Waals surface area contributed by atoms with Crippen LogP contribution in [0.2, 0.25) is 0 Å². The molecule has 1 aromatic carbocycles. The molecule has 98 valence electrons. The van der Waals surface area contributed by atoms with Gasteiger partial charge in [0.05, 0.1) is 13.2 Å². The Hall–Kier alpha value is -1.55. The fourth-order valence-corrected chi connectivity index (χ4v) is 2.31. The Bertz CT molecular complexity index is 456. The van der Waals surface area contributed by atoms with Crippen LogP contribution in [0.25, 0.3) is 0 Å². The van der Waals surface area contributed by atoms with Gasteiger partial charge in [0.1, 0.15) is 17.4 Å². The number of carbonyl (C=O) groups excluding carboxylic acids is 1. The second-order valence-electron chi connectivity index (χ2n) is 5.09. The molecule has 4 nitrogen and oxygen atoms in total. The van der Waals surface area contributed by atoms with Gasteiger partial charge in [-0.15, -0.1) is 0 Å². The van der Waals surface area contributed by atoms with Crippen molar-refractivity contribution in [1.82, 2.24) is 5.32 Å². The van der Waals surface area contributed by atoms with E-state index >= 15 is 0 Å². The average molecular weight is 249 g/mol. The first kappa shape index (κ1) is 12.9. The molecule has 1 aliphatic rings. The van der Waals surface area contributed by atoms with E-state index in [9.17, 15) is 4.79 Å². The molecule has 0 spiro atoms. The van der Waals surface area contributed by atoms with Crippen LogP contribution in [0.4, 0.5) is 0 Å². The number of benzene rings is 1. The molecule has 0 saturated heterocycles. The molecular formula is C14H19NO3. The second kappa shape index (κ2) is 4.61. The fraction of sp³-hybridized carbons (Fsp3) is 0.500. The van der Waals surface area contributed by atoms with Crippen LogP contribution >= 0.6 is 0 Å². The summed E-state index contributed by atoms with van der Waals surface area (Å²) in [6, 6.07) is 7.49. The van der Waals surface area contributed by atoms with Crippen molar-refractivity contribution < 1.29 is 14.3 Å². The zero-order valence-corrected chi connectivity index (χ0v) is 11.2. The lowest BCUT2D eigenvalue weighted by molar-refractivity contribution is -0.143. The van der Waals surface area contributed by atoms with Gasteiger partial charge in [0, 0.05) is 5.56 Å². The smallest absolute Gasteiger partial charge is 0.322 e. The zero-order chi connectivity index (χ0) is 13.3. The molecule has 0 fully saturated rings. The lowest BCUT2D eigenvalue weighted by atomic mass is 9.94. The van der Waals surface area contributed by atoms with Crippen molar-refractivity contribution in [2.75, 3.05) is 7.11 Å². The minimum Gasteiger partial charge on any atom is -0.486 e. The predicted molar refractivity (Wildman–Crippen MR) is 68.5 cm³/mol. The van der Waals surface area contributed by atoms with Crippen LogP contribution in [0.15, 0.2) is 24.3 Å². The maximum Gasteiger partial charge on any atom is 0.322 e. The topological polar surface area (TPSA) is 47.6 Å². The van der Waals surface area contributed by atoms with E-state index in [-0.39, 0.29) is 23.7 Å². The minimum atomic E-state index is -0.383. The van der Waals surface area contributed by atoms with Gasteiger partial charge in [-0.3, -0.25) is 10.1 Å². The average Bonchev–Trinajstić information content (AvgIpc) is 2.59. The fourth-order valence-electron chi connectivity index (χ4n) is 2.31. The van der Waals surface area contributed by atoms with Crippen LogP contribution in [0.5, 0.6) is 5.75 Å². The molecule has 2 rings (SSSR count). The number of nitrogens with one attached hydrogen (secondary N) is 1. The van der Waals surface area contributed by atoms with Crippen LogP contribution in [0, 0.1) is 0 Å². The molecule has 0 radical (unpaired) electrons. The molecule has 1 aliphatic heterocycles. The maximum atomic E-state index is 11.5. The highest BCUT2D eigenvalue weighted by molar-refractivity contribution is 5.75. The number of hydrogen-bond donors (Lipinski definition) is 1. The molecule has 0 aliphatic carbocycles. The molecular weight excluding hydrogens is 230 g/mol. The van der Waals surface area contributed by atoms with Crippen molar-refractivity contribution in [3.8, 4) is 5.75 Å². The summed E-state index contributed by atoms with van der Waals surface area (Å²) in [5, 5.41) is 3.28. The van der Waals surface area contributed by atoms with Crippen LogP contribution in [0.1, 0.15) is 32.4 Å². The predicted octanol–water partition coefficient (Wildman–Crippen LogP) is 2.05.